The van der Waals surface area contributed by atoms with Crippen molar-refractivity contribution < 1.29 is 9.22 Å². The molecule has 0 fully saturated rings. The molecule has 2 aromatic carbocycles. The van der Waals surface area contributed by atoms with Crippen molar-refractivity contribution in [3.05, 3.63) is 86.0 Å². The fourth-order valence-electron chi connectivity index (χ4n) is 1.50. The van der Waals surface area contributed by atoms with Gasteiger partial charge in [-0.2, -0.15) is 0 Å². The molecule has 2 nitrogen and oxygen atoms in total. The van der Waals surface area contributed by atoms with Gasteiger partial charge in [-0.25, -0.2) is 0 Å². The second-order valence-electron chi connectivity index (χ2n) is 6.53. The molecule has 0 spiro atoms. The zero-order valence-corrected chi connectivity index (χ0v) is 15.6. The van der Waals surface area contributed by atoms with Gasteiger partial charge in [-0.05, 0) is 11.1 Å². The fourth-order valence-corrected chi connectivity index (χ4v) is 1.50. The summed E-state index contributed by atoms with van der Waals surface area (Å²) in [6.07, 6.45) is 3.42. The molecule has 2 aromatic rings. The second-order valence-corrected chi connectivity index (χ2v) is 6.53. The van der Waals surface area contributed by atoms with Crippen molar-refractivity contribution in [3.8, 4) is 11.1 Å². The predicted octanol–water partition coefficient (Wildman–Crippen LogP) is 5.05. The molecule has 24 heavy (non-hydrogen) atoms. The lowest BCUT2D eigenvalue weighted by atomic mass is 10.1. The van der Waals surface area contributed by atoms with E-state index in [1.807, 2.05) is 12.1 Å². The molecule has 0 N–H and O–H groups in total. The van der Waals surface area contributed by atoms with E-state index in [-0.39, 0.29) is 0 Å². The molecule has 0 aliphatic heterocycles. The topological polar surface area (TPSA) is 9.23 Å². The lowest BCUT2D eigenvalue weighted by Crippen LogP contribution is -2.27. The van der Waals surface area contributed by atoms with Crippen molar-refractivity contribution in [2.24, 2.45) is 0 Å². The lowest BCUT2D eigenvalue weighted by molar-refractivity contribution is -0.849. The first kappa shape index (κ1) is 21.8. The monoisotopic (exact) mass is 326 g/mol. The van der Waals surface area contributed by atoms with E-state index < -0.39 is 0 Å². The summed E-state index contributed by atoms with van der Waals surface area (Å²) in [6, 6.07) is 20.8. The van der Waals surface area contributed by atoms with Gasteiger partial charge in [0.25, 0.3) is 0 Å². The maximum atomic E-state index is 4.90. The molecule has 0 saturated heterocycles. The Labute approximate surface area is 148 Å². The first-order valence-corrected chi connectivity index (χ1v) is 8.07. The van der Waals surface area contributed by atoms with Gasteiger partial charge in [-0.15, -0.1) is 13.2 Å². The standard InChI is InChI=1S/C12H10.C6H10O.C4H12N/c1-3-7-11(8-4-1)12-9-5-2-6-10-12;1-3-5-7-6-4-2;1-5(2,3)4/h1-10H;3-4H,1-2,5-6H2;1-4H3/q;;+1. The van der Waals surface area contributed by atoms with Crippen LogP contribution in [0.15, 0.2) is 86.0 Å². The lowest BCUT2D eigenvalue weighted by Gasteiger charge is -2.14. The van der Waals surface area contributed by atoms with Crippen molar-refractivity contribution in [1.29, 1.82) is 0 Å². The minimum Gasteiger partial charge on any atom is -0.373 e. The molecule has 0 saturated carbocycles. The van der Waals surface area contributed by atoms with E-state index in [0.29, 0.717) is 13.2 Å². The summed E-state index contributed by atoms with van der Waals surface area (Å²) in [5.41, 5.74) is 2.55. The van der Waals surface area contributed by atoms with Crippen LogP contribution in [0.2, 0.25) is 0 Å². The van der Waals surface area contributed by atoms with Gasteiger partial charge in [0.2, 0.25) is 0 Å². The van der Waals surface area contributed by atoms with Crippen LogP contribution in [0, 0.1) is 0 Å². The summed E-state index contributed by atoms with van der Waals surface area (Å²) in [6.45, 7) is 8.18. The molecular weight excluding hydrogens is 294 g/mol. The zero-order chi connectivity index (χ0) is 18.3. The number of ether oxygens (including phenoxy) is 1. The van der Waals surface area contributed by atoms with Crippen LogP contribution in [-0.4, -0.2) is 45.9 Å². The minimum atomic E-state index is 0.617. The fraction of sp³-hybridized carbons (Fsp3) is 0.273. The summed E-state index contributed by atoms with van der Waals surface area (Å²) in [5.74, 6) is 0. The van der Waals surface area contributed by atoms with Crippen molar-refractivity contribution in [2.45, 2.75) is 0 Å². The van der Waals surface area contributed by atoms with Crippen molar-refractivity contribution in [1.82, 2.24) is 0 Å². The third-order valence-electron chi connectivity index (χ3n) is 2.35. The Morgan fingerprint density at radius 2 is 1.00 bits per heavy atom. The molecule has 0 atom stereocenters. The van der Waals surface area contributed by atoms with E-state index >= 15 is 0 Å². The average Bonchev–Trinajstić information content (AvgIpc) is 2.56. The molecule has 0 unspecified atom stereocenters. The van der Waals surface area contributed by atoms with Crippen LogP contribution in [0.5, 0.6) is 0 Å². The second kappa shape index (κ2) is 13.3. The summed E-state index contributed by atoms with van der Waals surface area (Å²) < 4.78 is 5.90. The Morgan fingerprint density at radius 3 is 1.25 bits per heavy atom. The molecule has 0 amide bonds. The minimum absolute atomic E-state index is 0.617. The molecule has 130 valence electrons. The number of hydrogen-bond donors (Lipinski definition) is 0. The number of nitrogens with zero attached hydrogens (tertiary/aromatic N) is 1. The Bertz CT molecular complexity index is 490. The first-order chi connectivity index (χ1) is 11.4. The SMILES string of the molecule is C=CCOCC=C.C[N+](C)(C)C.c1ccc(-c2ccccc2)cc1. The highest BCUT2D eigenvalue weighted by molar-refractivity contribution is 5.62. The number of hydrogen-bond acceptors (Lipinski definition) is 1. The van der Waals surface area contributed by atoms with Gasteiger partial charge in [0.1, 0.15) is 0 Å². The van der Waals surface area contributed by atoms with Gasteiger partial charge in [-0.3, -0.25) is 0 Å². The largest absolute Gasteiger partial charge is 0.373 e. The molecule has 0 aliphatic rings. The van der Waals surface area contributed by atoms with Crippen molar-refractivity contribution >= 4 is 0 Å². The first-order valence-electron chi connectivity index (χ1n) is 8.07. The van der Waals surface area contributed by atoms with Gasteiger partial charge in [0, 0.05) is 0 Å². The van der Waals surface area contributed by atoms with Crippen LogP contribution < -0.4 is 0 Å². The molecule has 2 rings (SSSR count). The van der Waals surface area contributed by atoms with Crippen LogP contribution >= 0.6 is 0 Å². The van der Waals surface area contributed by atoms with Crippen LogP contribution in [0.25, 0.3) is 11.1 Å². The molecule has 0 aromatic heterocycles. The van der Waals surface area contributed by atoms with E-state index in [1.54, 1.807) is 12.2 Å². The molecular formula is C22H32NO+. The zero-order valence-electron chi connectivity index (χ0n) is 15.6. The van der Waals surface area contributed by atoms with Gasteiger partial charge in [0.05, 0.1) is 41.4 Å². The quantitative estimate of drug-likeness (QED) is 0.424. The number of benzene rings is 2. The average molecular weight is 327 g/mol. The molecule has 2 heteroatoms. The highest BCUT2D eigenvalue weighted by atomic mass is 16.5. The summed E-state index contributed by atoms with van der Waals surface area (Å²) in [4.78, 5) is 0. The van der Waals surface area contributed by atoms with Crippen LogP contribution in [0.3, 0.4) is 0 Å². The van der Waals surface area contributed by atoms with Gasteiger partial charge < -0.3 is 9.22 Å². The van der Waals surface area contributed by atoms with E-state index in [2.05, 4.69) is 89.9 Å². The van der Waals surface area contributed by atoms with Crippen molar-refractivity contribution in [3.63, 3.8) is 0 Å². The predicted molar refractivity (Wildman–Crippen MR) is 107 cm³/mol. The maximum Gasteiger partial charge on any atom is 0.0675 e. The van der Waals surface area contributed by atoms with Crippen LogP contribution in [0.4, 0.5) is 0 Å². The van der Waals surface area contributed by atoms with E-state index in [9.17, 15) is 0 Å². The Balaban J connectivity index is 0.000000379. The number of rotatable bonds is 5. The molecule has 0 heterocycles. The summed E-state index contributed by atoms with van der Waals surface area (Å²) in [5, 5.41) is 0. The number of quaternary nitrogens is 1. The normalized spacial score (nSPS) is 9.67. The van der Waals surface area contributed by atoms with Gasteiger partial charge in [-0.1, -0.05) is 72.8 Å². The van der Waals surface area contributed by atoms with Crippen LogP contribution in [-0.2, 0) is 4.74 Å². The molecule has 0 bridgehead atoms. The highest BCUT2D eigenvalue weighted by Gasteiger charge is 1.91. The third-order valence-corrected chi connectivity index (χ3v) is 2.35. The Hall–Kier alpha value is -2.16. The van der Waals surface area contributed by atoms with Crippen molar-refractivity contribution in [2.75, 3.05) is 41.4 Å². The van der Waals surface area contributed by atoms with E-state index in [0.717, 1.165) is 4.48 Å². The van der Waals surface area contributed by atoms with Crippen LogP contribution in [0.1, 0.15) is 0 Å². The van der Waals surface area contributed by atoms with Gasteiger partial charge >= 0.3 is 0 Å². The summed E-state index contributed by atoms with van der Waals surface area (Å²) >= 11 is 0. The smallest absolute Gasteiger partial charge is 0.0675 e. The molecule has 0 aliphatic carbocycles. The Kier molecular flexibility index (Phi) is 12.1. The maximum absolute atomic E-state index is 4.90. The molecule has 0 radical (unpaired) electrons. The summed E-state index contributed by atoms with van der Waals surface area (Å²) in [7, 11) is 8.50. The van der Waals surface area contributed by atoms with Gasteiger partial charge in [0.15, 0.2) is 0 Å². The highest BCUT2D eigenvalue weighted by Crippen LogP contribution is 2.17. The van der Waals surface area contributed by atoms with E-state index in [4.69, 9.17) is 4.74 Å². The Morgan fingerprint density at radius 1 is 0.708 bits per heavy atom. The van der Waals surface area contributed by atoms with E-state index in [1.165, 1.54) is 11.1 Å². The third kappa shape index (κ3) is 14.8.